The van der Waals surface area contributed by atoms with Crippen molar-refractivity contribution >= 4 is 41.2 Å². The van der Waals surface area contributed by atoms with E-state index in [1.165, 1.54) is 11.8 Å². The second-order valence-corrected chi connectivity index (χ2v) is 8.02. The molecule has 0 bridgehead atoms. The van der Waals surface area contributed by atoms with Gasteiger partial charge in [0.2, 0.25) is 11.0 Å². The first kappa shape index (κ1) is 20.6. The first-order valence-corrected chi connectivity index (χ1v) is 10.7. The van der Waals surface area contributed by atoms with E-state index in [1.54, 1.807) is 53.6 Å². The SMILES string of the molecule is CCSc1nnc(-c2ccco2)n1/N=C\c1ccc(COc2ccc(Cl)cc2Cl)o1. The Labute approximate surface area is 186 Å². The number of aromatic nitrogens is 3. The van der Waals surface area contributed by atoms with E-state index >= 15 is 0 Å². The number of ether oxygens (including phenoxy) is 1. The van der Waals surface area contributed by atoms with Crippen molar-refractivity contribution in [3.8, 4) is 17.3 Å². The number of rotatable bonds is 8. The Morgan fingerprint density at radius 3 is 2.87 bits per heavy atom. The predicted molar refractivity (Wildman–Crippen MR) is 117 cm³/mol. The van der Waals surface area contributed by atoms with Crippen LogP contribution in [-0.2, 0) is 6.61 Å². The Hall–Kier alpha value is -2.68. The molecule has 10 heteroatoms. The van der Waals surface area contributed by atoms with E-state index in [0.717, 1.165) is 5.75 Å². The Bertz CT molecular complexity index is 1150. The van der Waals surface area contributed by atoms with E-state index in [9.17, 15) is 0 Å². The fourth-order valence-corrected chi connectivity index (χ4v) is 3.62. The van der Waals surface area contributed by atoms with Crippen LogP contribution in [0.4, 0.5) is 0 Å². The van der Waals surface area contributed by atoms with Crippen LogP contribution in [0.3, 0.4) is 0 Å². The molecule has 3 heterocycles. The van der Waals surface area contributed by atoms with Crippen molar-refractivity contribution in [1.29, 1.82) is 0 Å². The Morgan fingerprint density at radius 1 is 1.20 bits per heavy atom. The molecule has 0 spiro atoms. The van der Waals surface area contributed by atoms with Gasteiger partial charge in [0.05, 0.1) is 17.5 Å². The zero-order valence-electron chi connectivity index (χ0n) is 15.8. The molecule has 0 aliphatic heterocycles. The van der Waals surface area contributed by atoms with Gasteiger partial charge in [-0.25, -0.2) is 0 Å². The lowest BCUT2D eigenvalue weighted by molar-refractivity contribution is 0.270. The van der Waals surface area contributed by atoms with Crippen LogP contribution in [0.5, 0.6) is 5.75 Å². The summed E-state index contributed by atoms with van der Waals surface area (Å²) in [6.07, 6.45) is 3.17. The fourth-order valence-electron chi connectivity index (χ4n) is 2.55. The highest BCUT2D eigenvalue weighted by molar-refractivity contribution is 7.99. The van der Waals surface area contributed by atoms with Crippen LogP contribution in [0.1, 0.15) is 18.4 Å². The summed E-state index contributed by atoms with van der Waals surface area (Å²) in [5.74, 6) is 3.64. The summed E-state index contributed by atoms with van der Waals surface area (Å²) in [6, 6.07) is 12.3. The van der Waals surface area contributed by atoms with E-state index in [0.29, 0.717) is 44.1 Å². The minimum absolute atomic E-state index is 0.219. The monoisotopic (exact) mass is 462 g/mol. The summed E-state index contributed by atoms with van der Waals surface area (Å²) >= 11 is 13.5. The third-order valence-corrected chi connectivity index (χ3v) is 5.21. The molecule has 0 aliphatic rings. The molecule has 0 saturated carbocycles. The van der Waals surface area contributed by atoms with Crippen LogP contribution < -0.4 is 4.74 Å². The molecule has 0 N–H and O–H groups in total. The van der Waals surface area contributed by atoms with Crippen molar-refractivity contribution in [1.82, 2.24) is 14.9 Å². The minimum atomic E-state index is 0.219. The first-order chi connectivity index (χ1) is 14.6. The van der Waals surface area contributed by atoms with Gasteiger partial charge in [-0.15, -0.1) is 10.2 Å². The van der Waals surface area contributed by atoms with E-state index in [2.05, 4.69) is 15.3 Å². The van der Waals surface area contributed by atoms with Gasteiger partial charge in [-0.05, 0) is 48.2 Å². The minimum Gasteiger partial charge on any atom is -0.484 e. The number of hydrogen-bond acceptors (Lipinski definition) is 7. The molecule has 4 rings (SSSR count). The van der Waals surface area contributed by atoms with Gasteiger partial charge in [0.1, 0.15) is 23.9 Å². The number of benzene rings is 1. The molecule has 0 saturated heterocycles. The number of hydrogen-bond donors (Lipinski definition) is 0. The van der Waals surface area contributed by atoms with Gasteiger partial charge in [-0.2, -0.15) is 9.78 Å². The number of thioether (sulfide) groups is 1. The topological polar surface area (TPSA) is 78.6 Å². The lowest BCUT2D eigenvalue weighted by Crippen LogP contribution is -1.96. The van der Waals surface area contributed by atoms with Gasteiger partial charge in [0, 0.05) is 5.02 Å². The number of halogens is 2. The van der Waals surface area contributed by atoms with Crippen molar-refractivity contribution in [2.45, 2.75) is 18.7 Å². The van der Waals surface area contributed by atoms with E-state index in [1.807, 2.05) is 13.0 Å². The third-order valence-electron chi connectivity index (χ3n) is 3.87. The molecule has 7 nitrogen and oxygen atoms in total. The fraction of sp³-hybridized carbons (Fsp3) is 0.150. The first-order valence-electron chi connectivity index (χ1n) is 8.97. The van der Waals surface area contributed by atoms with Crippen molar-refractivity contribution in [3.63, 3.8) is 0 Å². The van der Waals surface area contributed by atoms with E-state index in [-0.39, 0.29) is 6.61 Å². The van der Waals surface area contributed by atoms with Gasteiger partial charge < -0.3 is 13.6 Å². The molecule has 30 heavy (non-hydrogen) atoms. The molecule has 0 aliphatic carbocycles. The molecule has 0 radical (unpaired) electrons. The second kappa shape index (κ2) is 9.42. The normalized spacial score (nSPS) is 11.4. The molecule has 4 aromatic rings. The molecule has 154 valence electrons. The summed E-state index contributed by atoms with van der Waals surface area (Å²) < 4.78 is 18.5. The lowest BCUT2D eigenvalue weighted by Gasteiger charge is -2.06. The highest BCUT2D eigenvalue weighted by atomic mass is 35.5. The average molecular weight is 463 g/mol. The average Bonchev–Trinajstić information content (AvgIpc) is 3.47. The standard InChI is InChI=1S/C20H16Cl2N4O3S/c1-2-30-20-25-24-19(18-4-3-9-27-18)26(20)23-11-14-6-7-15(29-14)12-28-17-8-5-13(21)10-16(17)22/h3-11H,2,12H2,1H3/b23-11-. The highest BCUT2D eigenvalue weighted by Gasteiger charge is 2.15. The lowest BCUT2D eigenvalue weighted by atomic mass is 10.3. The number of nitrogens with zero attached hydrogens (tertiary/aromatic N) is 4. The van der Waals surface area contributed by atoms with Crippen LogP contribution in [0.15, 0.2) is 67.8 Å². The Morgan fingerprint density at radius 2 is 2.10 bits per heavy atom. The molecule has 0 amide bonds. The molecule has 0 atom stereocenters. The van der Waals surface area contributed by atoms with E-state index < -0.39 is 0 Å². The molecular formula is C20H16Cl2N4O3S. The van der Waals surface area contributed by atoms with E-state index in [4.69, 9.17) is 36.8 Å². The number of furan rings is 2. The summed E-state index contributed by atoms with van der Waals surface area (Å²) in [7, 11) is 0. The summed E-state index contributed by atoms with van der Waals surface area (Å²) in [5, 5.41) is 14.5. The van der Waals surface area contributed by atoms with Gasteiger partial charge in [-0.1, -0.05) is 41.9 Å². The summed E-state index contributed by atoms with van der Waals surface area (Å²) in [6.45, 7) is 2.25. The maximum Gasteiger partial charge on any atom is 0.221 e. The smallest absolute Gasteiger partial charge is 0.221 e. The van der Waals surface area contributed by atoms with Crippen LogP contribution in [0.25, 0.3) is 11.6 Å². The van der Waals surface area contributed by atoms with Gasteiger partial charge in [0.25, 0.3) is 0 Å². The van der Waals surface area contributed by atoms with Crippen molar-refractivity contribution in [3.05, 3.63) is 70.3 Å². The molecule has 0 unspecified atom stereocenters. The molecule has 1 aromatic carbocycles. The maximum atomic E-state index is 6.12. The molecule has 3 aromatic heterocycles. The Balaban J connectivity index is 1.49. The quantitative estimate of drug-likeness (QED) is 0.235. The third kappa shape index (κ3) is 4.72. The van der Waals surface area contributed by atoms with Crippen LogP contribution in [0.2, 0.25) is 10.0 Å². The van der Waals surface area contributed by atoms with Crippen LogP contribution >= 0.6 is 35.0 Å². The van der Waals surface area contributed by atoms with Gasteiger partial charge >= 0.3 is 0 Å². The van der Waals surface area contributed by atoms with Crippen LogP contribution in [-0.4, -0.2) is 26.8 Å². The highest BCUT2D eigenvalue weighted by Crippen LogP contribution is 2.28. The zero-order valence-corrected chi connectivity index (χ0v) is 18.1. The summed E-state index contributed by atoms with van der Waals surface area (Å²) in [5.41, 5.74) is 0. The molecular weight excluding hydrogens is 447 g/mol. The van der Waals surface area contributed by atoms with Gasteiger partial charge in [0.15, 0.2) is 5.76 Å². The van der Waals surface area contributed by atoms with Crippen LogP contribution in [0, 0.1) is 0 Å². The molecule has 0 fully saturated rings. The van der Waals surface area contributed by atoms with Crippen molar-refractivity contribution in [2.24, 2.45) is 5.10 Å². The summed E-state index contributed by atoms with van der Waals surface area (Å²) in [4.78, 5) is 0. The van der Waals surface area contributed by atoms with Crippen molar-refractivity contribution < 1.29 is 13.6 Å². The maximum absolute atomic E-state index is 6.12. The zero-order chi connectivity index (χ0) is 20.9. The predicted octanol–water partition coefficient (Wildman–Crippen LogP) is 6.01. The second-order valence-electron chi connectivity index (χ2n) is 5.94. The van der Waals surface area contributed by atoms with Crippen molar-refractivity contribution in [2.75, 3.05) is 5.75 Å². The Kier molecular flexibility index (Phi) is 6.47. The largest absolute Gasteiger partial charge is 0.484 e. The van der Waals surface area contributed by atoms with Gasteiger partial charge in [-0.3, -0.25) is 0 Å².